The Morgan fingerprint density at radius 3 is 2.58 bits per heavy atom. The van der Waals surface area contributed by atoms with Gasteiger partial charge in [0.2, 0.25) is 10.0 Å². The quantitative estimate of drug-likeness (QED) is 0.397. The largest absolute Gasteiger partial charge is 0.487 e. The summed E-state index contributed by atoms with van der Waals surface area (Å²) in [6.07, 6.45) is 3.83. The Morgan fingerprint density at radius 2 is 1.82 bits per heavy atom. The van der Waals surface area contributed by atoms with Gasteiger partial charge in [0.25, 0.3) is 5.91 Å². The molecule has 0 aliphatic carbocycles. The fraction of sp³-hybridized carbons (Fsp3) is 0.167. The number of hydrogen-bond donors (Lipinski definition) is 2. The Bertz CT molecular complexity index is 1330. The number of sulfonamides is 1. The zero-order chi connectivity index (χ0) is 23.3. The third-order valence-electron chi connectivity index (χ3n) is 5.04. The summed E-state index contributed by atoms with van der Waals surface area (Å²) < 4.78 is 33.3. The van der Waals surface area contributed by atoms with Crippen LogP contribution in [0.4, 0.5) is 0 Å². The van der Waals surface area contributed by atoms with Crippen molar-refractivity contribution in [3.8, 4) is 5.75 Å². The summed E-state index contributed by atoms with van der Waals surface area (Å²) in [6, 6.07) is 19.8. The van der Waals surface area contributed by atoms with Crippen LogP contribution >= 0.6 is 0 Å². The molecule has 0 atom stereocenters. The molecule has 0 bridgehead atoms. The van der Waals surface area contributed by atoms with Crippen LogP contribution in [-0.2, 0) is 28.9 Å². The number of rotatable bonds is 9. The summed E-state index contributed by atoms with van der Waals surface area (Å²) >= 11 is 0. The first kappa shape index (κ1) is 22.5. The number of carbonyl (C=O) groups is 1. The lowest BCUT2D eigenvalue weighted by Gasteiger charge is -2.09. The minimum Gasteiger partial charge on any atom is -0.487 e. The molecule has 0 spiro atoms. The van der Waals surface area contributed by atoms with E-state index in [0.717, 1.165) is 16.9 Å². The van der Waals surface area contributed by atoms with E-state index >= 15 is 0 Å². The van der Waals surface area contributed by atoms with Crippen molar-refractivity contribution in [2.24, 2.45) is 0 Å². The van der Waals surface area contributed by atoms with Gasteiger partial charge < -0.3 is 14.5 Å². The maximum absolute atomic E-state index is 12.6. The standard InChI is InChI=1S/C24H24N4O4S/c1-25-33(30,31)17-19-10-8-18(9-11-19)14-26-24(29)20-5-4-6-22(13-20)32-16-21-15-28-12-3-2-7-23(28)27-21/h2-13,15,25H,14,16-17H2,1H3,(H,26,29). The van der Waals surface area contributed by atoms with Crippen LogP contribution in [0.15, 0.2) is 79.1 Å². The molecule has 4 aromatic rings. The molecule has 0 radical (unpaired) electrons. The summed E-state index contributed by atoms with van der Waals surface area (Å²) in [4.78, 5) is 17.1. The maximum atomic E-state index is 12.6. The van der Waals surface area contributed by atoms with Gasteiger partial charge in [-0.15, -0.1) is 0 Å². The molecule has 2 aromatic carbocycles. The molecule has 9 heteroatoms. The van der Waals surface area contributed by atoms with Crippen LogP contribution in [-0.4, -0.2) is 30.8 Å². The minimum absolute atomic E-state index is 0.0854. The van der Waals surface area contributed by atoms with Crippen LogP contribution in [0.1, 0.15) is 27.2 Å². The molecule has 0 aliphatic rings. The topological polar surface area (TPSA) is 102 Å². The first-order valence-electron chi connectivity index (χ1n) is 10.3. The van der Waals surface area contributed by atoms with E-state index in [9.17, 15) is 13.2 Å². The number of nitrogens with one attached hydrogen (secondary N) is 2. The van der Waals surface area contributed by atoms with Gasteiger partial charge in [-0.2, -0.15) is 0 Å². The second kappa shape index (κ2) is 9.85. The Labute approximate surface area is 192 Å². The number of benzene rings is 2. The number of imidazole rings is 1. The second-order valence-electron chi connectivity index (χ2n) is 7.48. The van der Waals surface area contributed by atoms with Gasteiger partial charge in [-0.1, -0.05) is 36.4 Å². The molecule has 0 aliphatic heterocycles. The number of aromatic nitrogens is 2. The number of nitrogens with zero attached hydrogens (tertiary/aromatic N) is 2. The van der Waals surface area contributed by atoms with E-state index in [4.69, 9.17) is 4.74 Å². The van der Waals surface area contributed by atoms with Crippen molar-refractivity contribution in [2.45, 2.75) is 18.9 Å². The van der Waals surface area contributed by atoms with Crippen molar-refractivity contribution in [3.63, 3.8) is 0 Å². The van der Waals surface area contributed by atoms with Crippen molar-refractivity contribution < 1.29 is 17.9 Å². The highest BCUT2D eigenvalue weighted by atomic mass is 32.2. The van der Waals surface area contributed by atoms with E-state index in [1.807, 2.05) is 35.0 Å². The molecule has 2 heterocycles. The summed E-state index contributed by atoms with van der Waals surface area (Å²) in [5.74, 6) is 0.266. The molecule has 4 rings (SSSR count). The van der Waals surface area contributed by atoms with Gasteiger partial charge in [-0.05, 0) is 48.5 Å². The van der Waals surface area contributed by atoms with Gasteiger partial charge in [-0.3, -0.25) is 4.79 Å². The Balaban J connectivity index is 1.32. The van der Waals surface area contributed by atoms with Crippen LogP contribution < -0.4 is 14.8 Å². The average molecular weight is 465 g/mol. The molecule has 0 saturated heterocycles. The average Bonchev–Trinajstić information content (AvgIpc) is 3.25. The molecule has 8 nitrogen and oxygen atoms in total. The number of fused-ring (bicyclic) bond motifs is 1. The minimum atomic E-state index is -3.32. The van der Waals surface area contributed by atoms with E-state index in [-0.39, 0.29) is 11.7 Å². The van der Waals surface area contributed by atoms with Gasteiger partial charge in [0.15, 0.2) is 0 Å². The lowest BCUT2D eigenvalue weighted by Crippen LogP contribution is -2.23. The third kappa shape index (κ3) is 5.97. The number of ether oxygens (including phenoxy) is 1. The molecule has 33 heavy (non-hydrogen) atoms. The molecule has 0 saturated carbocycles. The highest BCUT2D eigenvalue weighted by molar-refractivity contribution is 7.88. The van der Waals surface area contributed by atoms with Crippen molar-refractivity contribution in [2.75, 3.05) is 7.05 Å². The van der Waals surface area contributed by atoms with Gasteiger partial charge in [0, 0.05) is 24.5 Å². The Hall–Kier alpha value is -3.69. The van der Waals surface area contributed by atoms with Crippen LogP contribution in [0.3, 0.4) is 0 Å². The van der Waals surface area contributed by atoms with Crippen LogP contribution in [0.2, 0.25) is 0 Å². The van der Waals surface area contributed by atoms with Crippen molar-refractivity contribution in [3.05, 3.63) is 102 Å². The Morgan fingerprint density at radius 1 is 1.03 bits per heavy atom. The normalized spacial score (nSPS) is 11.4. The second-order valence-corrected chi connectivity index (χ2v) is 9.40. The summed E-state index contributed by atoms with van der Waals surface area (Å²) in [5, 5.41) is 2.87. The van der Waals surface area contributed by atoms with Crippen molar-refractivity contribution in [1.29, 1.82) is 0 Å². The predicted molar refractivity (Wildman–Crippen MR) is 125 cm³/mol. The summed E-state index contributed by atoms with van der Waals surface area (Å²) in [6.45, 7) is 0.618. The van der Waals surface area contributed by atoms with Gasteiger partial charge in [0.1, 0.15) is 18.0 Å². The first-order valence-corrected chi connectivity index (χ1v) is 12.0. The van der Waals surface area contributed by atoms with E-state index in [2.05, 4.69) is 15.0 Å². The van der Waals surface area contributed by atoms with Gasteiger partial charge in [0.05, 0.1) is 11.4 Å². The fourth-order valence-electron chi connectivity index (χ4n) is 3.27. The third-order valence-corrected chi connectivity index (χ3v) is 6.38. The zero-order valence-corrected chi connectivity index (χ0v) is 18.9. The van der Waals surface area contributed by atoms with E-state index in [0.29, 0.717) is 30.0 Å². The van der Waals surface area contributed by atoms with Crippen LogP contribution in [0.25, 0.3) is 5.65 Å². The highest BCUT2D eigenvalue weighted by Gasteiger charge is 2.10. The Kier molecular flexibility index (Phi) is 6.71. The monoisotopic (exact) mass is 464 g/mol. The van der Waals surface area contributed by atoms with E-state index in [1.165, 1.54) is 7.05 Å². The molecule has 0 fully saturated rings. The number of hydrogen-bond acceptors (Lipinski definition) is 5. The SMILES string of the molecule is CNS(=O)(=O)Cc1ccc(CNC(=O)c2cccc(OCc3cn4ccccc4n3)c2)cc1. The van der Waals surface area contributed by atoms with Crippen molar-refractivity contribution in [1.82, 2.24) is 19.4 Å². The lowest BCUT2D eigenvalue weighted by atomic mass is 10.1. The van der Waals surface area contributed by atoms with Crippen LogP contribution in [0.5, 0.6) is 5.75 Å². The number of amides is 1. The highest BCUT2D eigenvalue weighted by Crippen LogP contribution is 2.16. The van der Waals surface area contributed by atoms with Crippen LogP contribution in [0, 0.1) is 0 Å². The lowest BCUT2D eigenvalue weighted by molar-refractivity contribution is 0.0950. The molecule has 0 unspecified atom stereocenters. The first-order chi connectivity index (χ1) is 15.9. The molecule has 2 aromatic heterocycles. The summed E-state index contributed by atoms with van der Waals surface area (Å²) in [7, 11) is -1.93. The number of carbonyl (C=O) groups excluding carboxylic acids is 1. The molecule has 1 amide bonds. The zero-order valence-electron chi connectivity index (χ0n) is 18.1. The molecular weight excluding hydrogens is 440 g/mol. The van der Waals surface area contributed by atoms with E-state index in [1.54, 1.807) is 48.5 Å². The maximum Gasteiger partial charge on any atom is 0.251 e. The van der Waals surface area contributed by atoms with Gasteiger partial charge in [-0.25, -0.2) is 18.1 Å². The summed E-state index contributed by atoms with van der Waals surface area (Å²) in [5.41, 5.74) is 3.67. The molecule has 2 N–H and O–H groups in total. The number of pyridine rings is 1. The predicted octanol–water partition coefficient (Wildman–Crippen LogP) is 2.89. The molecule has 170 valence electrons. The molecular formula is C24H24N4O4S. The fourth-order valence-corrected chi connectivity index (χ4v) is 4.05. The van der Waals surface area contributed by atoms with Crippen molar-refractivity contribution >= 4 is 21.6 Å². The smallest absolute Gasteiger partial charge is 0.251 e. The van der Waals surface area contributed by atoms with E-state index < -0.39 is 10.0 Å². The van der Waals surface area contributed by atoms with Gasteiger partial charge >= 0.3 is 0 Å².